The van der Waals surface area contributed by atoms with E-state index < -0.39 is 0 Å². The average molecular weight is 240 g/mol. The number of unbranched alkanes of at least 4 members (excludes halogenated alkanes) is 2. The van der Waals surface area contributed by atoms with Crippen molar-refractivity contribution < 1.29 is 0 Å². The zero-order valence-corrected chi connectivity index (χ0v) is 12.3. The van der Waals surface area contributed by atoms with Gasteiger partial charge in [-0.25, -0.2) is 0 Å². The highest BCUT2D eigenvalue weighted by Crippen LogP contribution is 2.29. The minimum Gasteiger partial charge on any atom is -0.315 e. The quantitative estimate of drug-likeness (QED) is 0.687. The van der Waals surface area contributed by atoms with Crippen LogP contribution >= 0.6 is 0 Å². The molecule has 1 N–H and O–H groups in total. The van der Waals surface area contributed by atoms with Gasteiger partial charge in [0.15, 0.2) is 0 Å². The summed E-state index contributed by atoms with van der Waals surface area (Å²) in [6, 6.07) is 1.47. The molecule has 1 fully saturated rings. The molecular weight excluding hydrogens is 208 g/mol. The first-order valence-electron chi connectivity index (χ1n) is 7.60. The van der Waals surface area contributed by atoms with Gasteiger partial charge in [-0.05, 0) is 52.2 Å². The topological polar surface area (TPSA) is 15.3 Å². The van der Waals surface area contributed by atoms with Crippen molar-refractivity contribution in [1.29, 1.82) is 0 Å². The molecule has 0 bridgehead atoms. The maximum Gasteiger partial charge on any atom is 0.0248 e. The zero-order valence-electron chi connectivity index (χ0n) is 12.3. The minimum atomic E-state index is 0.712. The summed E-state index contributed by atoms with van der Waals surface area (Å²) >= 11 is 0. The van der Waals surface area contributed by atoms with Crippen molar-refractivity contribution in [2.24, 2.45) is 5.92 Å². The number of nitrogens with one attached hydrogen (secondary N) is 1. The van der Waals surface area contributed by atoms with Crippen LogP contribution in [0.4, 0.5) is 0 Å². The molecule has 3 unspecified atom stereocenters. The van der Waals surface area contributed by atoms with Gasteiger partial charge in [-0.15, -0.1) is 0 Å². The Morgan fingerprint density at radius 2 is 1.94 bits per heavy atom. The van der Waals surface area contributed by atoms with E-state index in [4.69, 9.17) is 0 Å². The molecule has 2 nitrogen and oxygen atoms in total. The Hall–Kier alpha value is -0.0800. The lowest BCUT2D eigenvalue weighted by molar-refractivity contribution is 0.120. The monoisotopic (exact) mass is 240 g/mol. The van der Waals surface area contributed by atoms with E-state index in [0.717, 1.165) is 12.0 Å². The summed E-state index contributed by atoms with van der Waals surface area (Å²) in [4.78, 5) is 2.61. The van der Waals surface area contributed by atoms with E-state index >= 15 is 0 Å². The number of likely N-dealkylation sites (N-methyl/N-ethyl adjacent to an activating group) is 2. The van der Waals surface area contributed by atoms with Crippen molar-refractivity contribution in [1.82, 2.24) is 10.2 Å². The number of rotatable bonds is 7. The molecule has 1 aliphatic carbocycles. The van der Waals surface area contributed by atoms with Gasteiger partial charge in [-0.3, -0.25) is 0 Å². The minimum absolute atomic E-state index is 0.712. The Morgan fingerprint density at radius 1 is 1.18 bits per heavy atom. The molecule has 102 valence electrons. The van der Waals surface area contributed by atoms with Crippen LogP contribution in [0.3, 0.4) is 0 Å². The van der Waals surface area contributed by atoms with Crippen LogP contribution in [0.1, 0.15) is 58.8 Å². The summed E-state index contributed by atoms with van der Waals surface area (Å²) in [5, 5.41) is 3.53. The third-order valence-electron chi connectivity index (χ3n) is 4.55. The van der Waals surface area contributed by atoms with Crippen LogP contribution in [0.25, 0.3) is 0 Å². The van der Waals surface area contributed by atoms with Crippen LogP contribution in [-0.2, 0) is 0 Å². The molecule has 1 aliphatic rings. The first kappa shape index (κ1) is 15.0. The molecule has 0 aromatic heterocycles. The molecule has 0 radical (unpaired) electrons. The van der Waals surface area contributed by atoms with E-state index in [0.29, 0.717) is 6.04 Å². The van der Waals surface area contributed by atoms with E-state index in [9.17, 15) is 0 Å². The van der Waals surface area contributed by atoms with E-state index in [1.165, 1.54) is 51.5 Å². The largest absolute Gasteiger partial charge is 0.315 e. The summed E-state index contributed by atoms with van der Waals surface area (Å²) in [6.45, 7) is 5.90. The van der Waals surface area contributed by atoms with Crippen LogP contribution in [0.5, 0.6) is 0 Å². The highest BCUT2D eigenvalue weighted by molar-refractivity contribution is 4.89. The summed E-state index contributed by atoms with van der Waals surface area (Å²) in [5.74, 6) is 0.957. The Kier molecular flexibility index (Phi) is 7.14. The predicted octanol–water partition coefficient (Wildman–Crippen LogP) is 3.28. The summed E-state index contributed by atoms with van der Waals surface area (Å²) in [7, 11) is 4.45. The van der Waals surface area contributed by atoms with Gasteiger partial charge in [0.05, 0.1) is 0 Å². The van der Waals surface area contributed by atoms with Crippen molar-refractivity contribution in [2.75, 3.05) is 20.6 Å². The zero-order chi connectivity index (χ0) is 12.7. The van der Waals surface area contributed by atoms with Gasteiger partial charge in [0.2, 0.25) is 0 Å². The summed E-state index contributed by atoms with van der Waals surface area (Å²) in [5.41, 5.74) is 0. The molecular formula is C15H32N2. The van der Waals surface area contributed by atoms with Gasteiger partial charge < -0.3 is 10.2 Å². The average Bonchev–Trinajstić information content (AvgIpc) is 2.38. The second-order valence-corrected chi connectivity index (χ2v) is 5.74. The van der Waals surface area contributed by atoms with E-state index in [-0.39, 0.29) is 0 Å². The van der Waals surface area contributed by atoms with Crippen molar-refractivity contribution in [2.45, 2.75) is 70.9 Å². The van der Waals surface area contributed by atoms with E-state index in [1.807, 2.05) is 0 Å². The molecule has 0 aliphatic heterocycles. The number of hydrogen-bond acceptors (Lipinski definition) is 2. The van der Waals surface area contributed by atoms with Crippen molar-refractivity contribution in [3.63, 3.8) is 0 Å². The van der Waals surface area contributed by atoms with Gasteiger partial charge in [0.1, 0.15) is 0 Å². The molecule has 0 amide bonds. The fourth-order valence-electron chi connectivity index (χ4n) is 3.20. The first-order chi connectivity index (χ1) is 8.22. The molecule has 0 heterocycles. The van der Waals surface area contributed by atoms with E-state index in [1.54, 1.807) is 0 Å². The van der Waals surface area contributed by atoms with Gasteiger partial charge in [-0.2, -0.15) is 0 Å². The maximum absolute atomic E-state index is 3.53. The van der Waals surface area contributed by atoms with Crippen molar-refractivity contribution in [3.8, 4) is 0 Å². The molecule has 17 heavy (non-hydrogen) atoms. The molecule has 1 saturated carbocycles. The van der Waals surface area contributed by atoms with Crippen LogP contribution in [-0.4, -0.2) is 37.6 Å². The molecule has 2 heteroatoms. The lowest BCUT2D eigenvalue weighted by atomic mass is 9.80. The second-order valence-electron chi connectivity index (χ2n) is 5.74. The standard InChI is InChI=1S/C15H32N2/c1-5-7-8-11-17(4)15-12-13(6-2)9-10-14(15)16-3/h13-16H,5-12H2,1-4H3. The third-order valence-corrected chi connectivity index (χ3v) is 4.55. The van der Waals surface area contributed by atoms with Gasteiger partial charge in [0.25, 0.3) is 0 Å². The van der Waals surface area contributed by atoms with Crippen molar-refractivity contribution >= 4 is 0 Å². The Labute approximate surface area is 108 Å². The Bertz CT molecular complexity index is 193. The molecule has 0 saturated heterocycles. The van der Waals surface area contributed by atoms with Crippen LogP contribution in [0.15, 0.2) is 0 Å². The molecule has 0 aromatic carbocycles. The predicted molar refractivity (Wildman–Crippen MR) is 76.4 cm³/mol. The van der Waals surface area contributed by atoms with Crippen LogP contribution in [0.2, 0.25) is 0 Å². The summed E-state index contributed by atoms with van der Waals surface area (Å²) in [6.07, 6.45) is 9.58. The smallest absolute Gasteiger partial charge is 0.0248 e. The maximum atomic E-state index is 3.53. The third kappa shape index (κ3) is 4.59. The van der Waals surface area contributed by atoms with Gasteiger partial charge in [-0.1, -0.05) is 33.1 Å². The molecule has 0 spiro atoms. The summed E-state index contributed by atoms with van der Waals surface area (Å²) < 4.78 is 0. The molecule has 1 rings (SSSR count). The lowest BCUT2D eigenvalue weighted by Crippen LogP contribution is -2.51. The number of hydrogen-bond donors (Lipinski definition) is 1. The first-order valence-corrected chi connectivity index (χ1v) is 7.60. The van der Waals surface area contributed by atoms with E-state index in [2.05, 4.69) is 38.2 Å². The lowest BCUT2D eigenvalue weighted by Gasteiger charge is -2.41. The molecule has 3 atom stereocenters. The highest BCUT2D eigenvalue weighted by Gasteiger charge is 2.30. The Balaban J connectivity index is 2.44. The fraction of sp³-hybridized carbons (Fsp3) is 1.00. The van der Waals surface area contributed by atoms with Crippen LogP contribution < -0.4 is 5.32 Å². The van der Waals surface area contributed by atoms with Gasteiger partial charge >= 0.3 is 0 Å². The highest BCUT2D eigenvalue weighted by atomic mass is 15.2. The van der Waals surface area contributed by atoms with Crippen molar-refractivity contribution in [3.05, 3.63) is 0 Å². The normalized spacial score (nSPS) is 29.8. The SMILES string of the molecule is CCCCCN(C)C1CC(CC)CCC1NC. The number of nitrogens with zero attached hydrogens (tertiary/aromatic N) is 1. The second kappa shape index (κ2) is 8.10. The fourth-order valence-corrected chi connectivity index (χ4v) is 3.20. The van der Waals surface area contributed by atoms with Crippen LogP contribution in [0, 0.1) is 5.92 Å². The van der Waals surface area contributed by atoms with Gasteiger partial charge in [0, 0.05) is 12.1 Å². The molecule has 0 aromatic rings. The Morgan fingerprint density at radius 3 is 2.53 bits per heavy atom.